The first-order valence-corrected chi connectivity index (χ1v) is 9.45. The van der Waals surface area contributed by atoms with E-state index in [-0.39, 0.29) is 5.78 Å². The Morgan fingerprint density at radius 2 is 1.87 bits per heavy atom. The largest absolute Gasteiger partial charge is 0.493 e. The molecule has 0 aliphatic carbocycles. The summed E-state index contributed by atoms with van der Waals surface area (Å²) in [6.07, 6.45) is 1.78. The molecule has 7 nitrogen and oxygen atoms in total. The number of methoxy groups -OCH3 is 1. The zero-order chi connectivity index (χ0) is 22.1. The van der Waals surface area contributed by atoms with Crippen LogP contribution in [0, 0.1) is 0 Å². The van der Waals surface area contributed by atoms with E-state index in [1.54, 1.807) is 55.7 Å². The van der Waals surface area contributed by atoms with Crippen molar-refractivity contribution < 1.29 is 28.6 Å². The standard InChI is InChI=1S/C23H25NO6/c1-5-29-21-13-17(9-11-20(21)28-4)10-12-22(26)30-16(3)23(27)24-19-8-6-7-18(14-19)15(2)25/h6-14,16H,5H2,1-4H3,(H,24,27)/b12-10+/t16-/m0/s1. The molecule has 2 aromatic carbocycles. The number of hydrogen-bond acceptors (Lipinski definition) is 6. The molecule has 0 aliphatic heterocycles. The van der Waals surface area contributed by atoms with E-state index in [4.69, 9.17) is 14.2 Å². The Bertz CT molecular complexity index is 950. The average molecular weight is 411 g/mol. The number of amides is 1. The number of benzene rings is 2. The van der Waals surface area contributed by atoms with Gasteiger partial charge in [0.2, 0.25) is 0 Å². The number of nitrogens with one attached hydrogen (secondary N) is 1. The van der Waals surface area contributed by atoms with E-state index >= 15 is 0 Å². The van der Waals surface area contributed by atoms with Crippen LogP contribution in [0.1, 0.15) is 36.7 Å². The number of esters is 1. The second-order valence-electron chi connectivity index (χ2n) is 6.38. The Balaban J connectivity index is 1.96. The summed E-state index contributed by atoms with van der Waals surface area (Å²) in [7, 11) is 1.55. The van der Waals surface area contributed by atoms with Gasteiger partial charge >= 0.3 is 5.97 Å². The summed E-state index contributed by atoms with van der Waals surface area (Å²) in [5.74, 6) is -0.113. The lowest BCUT2D eigenvalue weighted by atomic mass is 10.1. The molecule has 0 aliphatic rings. The van der Waals surface area contributed by atoms with Crippen LogP contribution >= 0.6 is 0 Å². The molecule has 0 radical (unpaired) electrons. The molecule has 2 rings (SSSR count). The normalized spacial score (nSPS) is 11.6. The van der Waals surface area contributed by atoms with E-state index in [2.05, 4.69) is 5.32 Å². The highest BCUT2D eigenvalue weighted by molar-refractivity contribution is 5.99. The highest BCUT2D eigenvalue weighted by atomic mass is 16.5. The molecule has 0 unspecified atom stereocenters. The molecule has 1 N–H and O–H groups in total. The summed E-state index contributed by atoms with van der Waals surface area (Å²) in [5, 5.41) is 2.63. The van der Waals surface area contributed by atoms with Crippen molar-refractivity contribution in [2.45, 2.75) is 26.9 Å². The van der Waals surface area contributed by atoms with Crippen LogP contribution in [-0.2, 0) is 14.3 Å². The molecule has 0 saturated heterocycles. The van der Waals surface area contributed by atoms with Gasteiger partial charge in [0.25, 0.3) is 5.91 Å². The van der Waals surface area contributed by atoms with Crippen molar-refractivity contribution in [3.05, 3.63) is 59.7 Å². The lowest BCUT2D eigenvalue weighted by molar-refractivity contribution is -0.148. The Labute approximate surface area is 175 Å². The maximum atomic E-state index is 12.3. The summed E-state index contributed by atoms with van der Waals surface area (Å²) < 4.78 is 15.9. The van der Waals surface area contributed by atoms with Crippen molar-refractivity contribution in [1.29, 1.82) is 0 Å². The van der Waals surface area contributed by atoms with E-state index in [1.807, 2.05) is 6.92 Å². The first-order valence-electron chi connectivity index (χ1n) is 9.45. The number of ketones is 1. The van der Waals surface area contributed by atoms with Crippen molar-refractivity contribution >= 4 is 29.4 Å². The van der Waals surface area contributed by atoms with E-state index in [1.165, 1.54) is 19.9 Å². The average Bonchev–Trinajstić information content (AvgIpc) is 2.72. The number of carbonyl (C=O) groups excluding carboxylic acids is 3. The van der Waals surface area contributed by atoms with Crippen molar-refractivity contribution in [3.63, 3.8) is 0 Å². The van der Waals surface area contributed by atoms with Crippen LogP contribution in [0.2, 0.25) is 0 Å². The van der Waals surface area contributed by atoms with Crippen LogP contribution in [-0.4, -0.2) is 37.5 Å². The minimum Gasteiger partial charge on any atom is -0.493 e. The van der Waals surface area contributed by atoms with E-state index in [0.717, 1.165) is 0 Å². The van der Waals surface area contributed by atoms with Crippen LogP contribution in [0.5, 0.6) is 11.5 Å². The maximum absolute atomic E-state index is 12.3. The fourth-order valence-corrected chi connectivity index (χ4v) is 2.56. The Kier molecular flexibility index (Phi) is 8.17. The predicted octanol–water partition coefficient (Wildman–Crippen LogP) is 3.88. The Morgan fingerprint density at radius 3 is 2.53 bits per heavy atom. The third-order valence-corrected chi connectivity index (χ3v) is 4.10. The summed E-state index contributed by atoms with van der Waals surface area (Å²) in [5.41, 5.74) is 1.65. The fourth-order valence-electron chi connectivity index (χ4n) is 2.56. The fraction of sp³-hybridized carbons (Fsp3) is 0.261. The maximum Gasteiger partial charge on any atom is 0.331 e. The third-order valence-electron chi connectivity index (χ3n) is 4.10. The molecular weight excluding hydrogens is 386 g/mol. The van der Waals surface area contributed by atoms with E-state index < -0.39 is 18.0 Å². The summed E-state index contributed by atoms with van der Waals surface area (Å²) >= 11 is 0. The van der Waals surface area contributed by atoms with Crippen LogP contribution in [0.15, 0.2) is 48.5 Å². The van der Waals surface area contributed by atoms with Gasteiger partial charge in [0.1, 0.15) is 0 Å². The first kappa shape index (κ1) is 22.7. The highest BCUT2D eigenvalue weighted by Crippen LogP contribution is 2.28. The van der Waals surface area contributed by atoms with Crippen molar-refractivity contribution in [2.24, 2.45) is 0 Å². The van der Waals surface area contributed by atoms with Gasteiger partial charge in [0.05, 0.1) is 13.7 Å². The topological polar surface area (TPSA) is 90.9 Å². The number of hydrogen-bond donors (Lipinski definition) is 1. The van der Waals surface area contributed by atoms with Crippen molar-refractivity contribution in [1.82, 2.24) is 0 Å². The zero-order valence-electron chi connectivity index (χ0n) is 17.4. The number of anilines is 1. The monoisotopic (exact) mass is 411 g/mol. The van der Waals surface area contributed by atoms with Crippen molar-refractivity contribution in [2.75, 3.05) is 19.0 Å². The van der Waals surface area contributed by atoms with Crippen LogP contribution in [0.4, 0.5) is 5.69 Å². The van der Waals surface area contributed by atoms with Crippen molar-refractivity contribution in [3.8, 4) is 11.5 Å². The molecule has 158 valence electrons. The molecule has 0 saturated carbocycles. The molecule has 30 heavy (non-hydrogen) atoms. The molecule has 1 atom stereocenters. The van der Waals surface area contributed by atoms with Gasteiger partial charge in [-0.3, -0.25) is 9.59 Å². The minimum absolute atomic E-state index is 0.110. The molecule has 0 heterocycles. The lowest BCUT2D eigenvalue weighted by Crippen LogP contribution is -2.29. The van der Waals surface area contributed by atoms with Gasteiger partial charge < -0.3 is 19.5 Å². The van der Waals surface area contributed by atoms with E-state index in [0.29, 0.717) is 34.9 Å². The smallest absolute Gasteiger partial charge is 0.331 e. The highest BCUT2D eigenvalue weighted by Gasteiger charge is 2.17. The molecule has 7 heteroatoms. The second kappa shape index (κ2) is 10.8. The van der Waals surface area contributed by atoms with E-state index in [9.17, 15) is 14.4 Å². The van der Waals surface area contributed by atoms with Gasteiger partial charge in [-0.1, -0.05) is 18.2 Å². The van der Waals surface area contributed by atoms with Crippen LogP contribution in [0.25, 0.3) is 6.08 Å². The minimum atomic E-state index is -1.02. The SMILES string of the molecule is CCOc1cc(/C=C/C(=O)O[C@@H](C)C(=O)Nc2cccc(C(C)=O)c2)ccc1OC. The quantitative estimate of drug-likeness (QED) is 0.383. The molecule has 0 aromatic heterocycles. The first-order chi connectivity index (χ1) is 14.3. The summed E-state index contributed by atoms with van der Waals surface area (Å²) in [6.45, 7) is 5.25. The predicted molar refractivity (Wildman–Crippen MR) is 114 cm³/mol. The number of Topliss-reactive ketones (excluding diaryl/α,β-unsaturated/α-hetero) is 1. The molecule has 0 spiro atoms. The van der Waals surface area contributed by atoms with Gasteiger partial charge in [-0.15, -0.1) is 0 Å². The van der Waals surface area contributed by atoms with Crippen LogP contribution in [0.3, 0.4) is 0 Å². The number of carbonyl (C=O) groups is 3. The van der Waals surface area contributed by atoms with Crippen LogP contribution < -0.4 is 14.8 Å². The molecular formula is C23H25NO6. The van der Waals surface area contributed by atoms with Gasteiger partial charge in [0, 0.05) is 17.3 Å². The van der Waals surface area contributed by atoms with Gasteiger partial charge in [-0.25, -0.2) is 4.79 Å². The van der Waals surface area contributed by atoms with Gasteiger partial charge in [-0.2, -0.15) is 0 Å². The Hall–Kier alpha value is -3.61. The van der Waals surface area contributed by atoms with Gasteiger partial charge in [0.15, 0.2) is 23.4 Å². The molecule has 0 bridgehead atoms. The third kappa shape index (κ3) is 6.48. The summed E-state index contributed by atoms with van der Waals surface area (Å²) in [4.78, 5) is 35.8. The second-order valence-corrected chi connectivity index (χ2v) is 6.38. The summed E-state index contributed by atoms with van der Waals surface area (Å²) in [6, 6.07) is 11.8. The van der Waals surface area contributed by atoms with Gasteiger partial charge in [-0.05, 0) is 56.7 Å². The zero-order valence-corrected chi connectivity index (χ0v) is 17.4. The molecule has 1 amide bonds. The number of rotatable bonds is 9. The molecule has 2 aromatic rings. The lowest BCUT2D eigenvalue weighted by Gasteiger charge is -2.13. The Morgan fingerprint density at radius 1 is 1.10 bits per heavy atom. The molecule has 0 fully saturated rings. The number of ether oxygens (including phenoxy) is 3.